The maximum atomic E-state index is 8.74. The molecule has 0 unspecified atom stereocenters. The fraction of sp³-hybridized carbons (Fsp3) is 0.143. The quantitative estimate of drug-likeness (QED) is 0.420. The summed E-state index contributed by atoms with van der Waals surface area (Å²) in [4.78, 5) is 0. The molecule has 0 atom stereocenters. The Morgan fingerprint density at radius 3 is 2.00 bits per heavy atom. The Morgan fingerprint density at radius 1 is 1.29 bits per heavy atom. The fourth-order valence-electron chi connectivity index (χ4n) is 0.839. The van der Waals surface area contributed by atoms with Crippen LogP contribution in [-0.2, 0) is 16.9 Å². The van der Waals surface area contributed by atoms with E-state index in [4.69, 9.17) is 23.3 Å². The summed E-state index contributed by atoms with van der Waals surface area (Å²) in [6.45, 7) is 0.646. The first-order chi connectivity index (χ1) is 6.34. The van der Waals surface area contributed by atoms with E-state index in [1.165, 1.54) is 9.80 Å². The first kappa shape index (κ1) is 13.6. The van der Waals surface area contributed by atoms with Crippen molar-refractivity contribution in [3.8, 4) is 0 Å². The van der Waals surface area contributed by atoms with Crippen LogP contribution in [0.25, 0.3) is 0 Å². The van der Waals surface area contributed by atoms with Gasteiger partial charge >= 0.3 is 74.5 Å². The van der Waals surface area contributed by atoms with Crippen molar-refractivity contribution in [2.45, 2.75) is 6.54 Å². The number of benzene rings is 1. The molecule has 1 aromatic carbocycles. The van der Waals surface area contributed by atoms with E-state index in [0.717, 1.165) is 0 Å². The Hall–Kier alpha value is -0.353. The molecule has 5 nitrogen and oxygen atoms in total. The molecule has 0 saturated heterocycles. The molecule has 0 aromatic heterocycles. The molecule has 0 heterocycles. The molecular formula is C7H10LiNO4S. The van der Waals surface area contributed by atoms with Crippen LogP contribution in [0.2, 0.25) is 0 Å². The third-order valence-corrected chi connectivity index (χ3v) is 1.48. The zero-order chi connectivity index (χ0) is 11.2. The summed E-state index contributed by atoms with van der Waals surface area (Å²) >= 11 is 2.07. The van der Waals surface area contributed by atoms with Crippen LogP contribution in [-0.4, -0.2) is 35.2 Å². The van der Waals surface area contributed by atoms with Crippen molar-refractivity contribution < 1.29 is 17.5 Å². The van der Waals surface area contributed by atoms with Crippen molar-refractivity contribution in [2.24, 2.45) is 5.73 Å². The molecule has 0 radical (unpaired) electrons. The zero-order valence-corrected chi connectivity index (χ0v) is 8.53. The molecule has 4 N–H and O–H groups in total. The predicted molar refractivity (Wildman–Crippen MR) is 53.9 cm³/mol. The van der Waals surface area contributed by atoms with Gasteiger partial charge in [0.25, 0.3) is 0 Å². The van der Waals surface area contributed by atoms with E-state index in [1.54, 1.807) is 0 Å². The van der Waals surface area contributed by atoms with Gasteiger partial charge in [-0.05, 0) is 0 Å². The summed E-state index contributed by atoms with van der Waals surface area (Å²) in [6.07, 6.45) is 0. The van der Waals surface area contributed by atoms with Crippen molar-refractivity contribution in [2.75, 3.05) is 0 Å². The third kappa shape index (κ3) is 8.25. The number of nitrogens with two attached hydrogens (primary N) is 1. The molecule has 74 valence electrons. The normalized spacial score (nSPS) is 10.4. The topological polar surface area (TPSA) is 101 Å². The van der Waals surface area contributed by atoms with Gasteiger partial charge in [0, 0.05) is 0 Å². The van der Waals surface area contributed by atoms with Crippen LogP contribution < -0.4 is 9.97 Å². The standard InChI is InChI=1S/C7H8N.Li.H2O4S/c8-6-7-4-2-1-3-5-7;;1-5(2,3)4/h1-4H,6,8H2;;(H2,1,2,3,4). The summed E-state index contributed by atoms with van der Waals surface area (Å²) in [7, 11) is -4.67. The average molecular weight is 211 g/mol. The minimum atomic E-state index is -4.67. The molecule has 0 aliphatic carbocycles. The van der Waals surface area contributed by atoms with Gasteiger partial charge in [0.05, 0.1) is 0 Å². The molecule has 14 heavy (non-hydrogen) atoms. The molecule has 0 spiro atoms. The van der Waals surface area contributed by atoms with Crippen molar-refractivity contribution in [3.05, 3.63) is 29.8 Å². The van der Waals surface area contributed by atoms with E-state index in [2.05, 4.69) is 29.8 Å². The van der Waals surface area contributed by atoms with Gasteiger partial charge in [-0.25, -0.2) is 0 Å². The van der Waals surface area contributed by atoms with Crippen LogP contribution in [0.4, 0.5) is 0 Å². The Morgan fingerprint density at radius 2 is 1.71 bits per heavy atom. The molecule has 0 saturated carbocycles. The van der Waals surface area contributed by atoms with E-state index in [1.807, 2.05) is 12.1 Å². The Labute approximate surface area is 92.1 Å². The molecule has 0 amide bonds. The van der Waals surface area contributed by atoms with Crippen molar-refractivity contribution in [1.29, 1.82) is 0 Å². The van der Waals surface area contributed by atoms with Gasteiger partial charge in [0.1, 0.15) is 0 Å². The molecule has 1 aromatic rings. The molecule has 0 fully saturated rings. The average Bonchev–Trinajstić information content (AvgIpc) is 2.02. The van der Waals surface area contributed by atoms with Crippen LogP contribution in [0.3, 0.4) is 0 Å². The number of hydrogen-bond acceptors (Lipinski definition) is 3. The van der Waals surface area contributed by atoms with Gasteiger partial charge in [-0.1, -0.05) is 0 Å². The summed E-state index contributed by atoms with van der Waals surface area (Å²) in [5, 5.41) is 0. The van der Waals surface area contributed by atoms with E-state index in [-0.39, 0.29) is 0 Å². The van der Waals surface area contributed by atoms with Crippen molar-refractivity contribution in [3.63, 3.8) is 0 Å². The monoisotopic (exact) mass is 211 g/mol. The molecule has 7 heteroatoms. The Balaban J connectivity index is 0.000000292. The summed E-state index contributed by atoms with van der Waals surface area (Å²) in [5.41, 5.74) is 6.68. The number of hydrogen-bond donors (Lipinski definition) is 3. The first-order valence-electron chi connectivity index (χ1n) is 3.79. The minimum absolute atomic E-state index is 0.646. The van der Waals surface area contributed by atoms with Gasteiger partial charge in [0.2, 0.25) is 0 Å². The maximum absolute atomic E-state index is 8.74. The van der Waals surface area contributed by atoms with Crippen LogP contribution >= 0.6 is 0 Å². The van der Waals surface area contributed by atoms with Gasteiger partial charge in [-0.15, -0.1) is 0 Å². The number of rotatable bonds is 1. The van der Waals surface area contributed by atoms with Crippen LogP contribution in [0.5, 0.6) is 0 Å². The van der Waals surface area contributed by atoms with E-state index < -0.39 is 10.4 Å². The molecule has 0 aliphatic rings. The molecule has 0 aliphatic heterocycles. The van der Waals surface area contributed by atoms with Crippen LogP contribution in [0.1, 0.15) is 5.56 Å². The molecule has 1 rings (SSSR count). The Kier molecular flexibility index (Phi) is 6.04. The second-order valence-corrected chi connectivity index (χ2v) is 3.47. The SMILES string of the molecule is O=S(=O)(O)O.[Li][c]1ccccc1CN. The Bertz CT molecular complexity index is 371. The zero-order valence-electron chi connectivity index (χ0n) is 7.71. The van der Waals surface area contributed by atoms with E-state index in [9.17, 15) is 0 Å². The second kappa shape index (κ2) is 6.19. The van der Waals surface area contributed by atoms with Crippen molar-refractivity contribution in [1.82, 2.24) is 0 Å². The second-order valence-electron chi connectivity index (χ2n) is 2.58. The summed E-state index contributed by atoms with van der Waals surface area (Å²) < 4.78 is 32.9. The van der Waals surface area contributed by atoms with E-state index >= 15 is 0 Å². The fourth-order valence-corrected chi connectivity index (χ4v) is 0.839. The van der Waals surface area contributed by atoms with Gasteiger partial charge in [-0.3, -0.25) is 9.11 Å². The first-order valence-corrected chi connectivity index (χ1v) is 5.18. The predicted octanol–water partition coefficient (Wildman–Crippen LogP) is -0.714. The third-order valence-electron chi connectivity index (χ3n) is 1.48. The molecular weight excluding hydrogens is 201 g/mol. The van der Waals surface area contributed by atoms with Gasteiger partial charge in [0.15, 0.2) is 0 Å². The van der Waals surface area contributed by atoms with Gasteiger partial charge < -0.3 is 0 Å². The van der Waals surface area contributed by atoms with Crippen LogP contribution in [0, 0.1) is 0 Å². The van der Waals surface area contributed by atoms with Crippen LogP contribution in [0.15, 0.2) is 24.3 Å². The summed E-state index contributed by atoms with van der Waals surface area (Å²) in [5.74, 6) is 0. The van der Waals surface area contributed by atoms with Gasteiger partial charge in [-0.2, -0.15) is 8.42 Å². The summed E-state index contributed by atoms with van der Waals surface area (Å²) in [6, 6.07) is 8.15. The van der Waals surface area contributed by atoms with E-state index in [0.29, 0.717) is 6.54 Å². The molecule has 0 bridgehead atoms. The van der Waals surface area contributed by atoms with Crippen molar-refractivity contribution >= 4 is 32.4 Å².